The van der Waals surface area contributed by atoms with Crippen molar-refractivity contribution in [1.82, 2.24) is 14.9 Å². The topological polar surface area (TPSA) is 79.4 Å². The second-order valence-electron chi connectivity index (χ2n) is 8.52. The number of nitrogens with one attached hydrogen (secondary N) is 2. The van der Waals surface area contributed by atoms with Gasteiger partial charge in [-0.05, 0) is 64.0 Å². The number of hydrogen-bond acceptors (Lipinski definition) is 6. The largest absolute Gasteiger partial charge is 0.488 e. The first-order chi connectivity index (χ1) is 16.4. The lowest BCUT2D eigenvalue weighted by molar-refractivity contribution is -0.111. The molecule has 4 rings (SSSR count). The minimum absolute atomic E-state index is 0.00748. The van der Waals surface area contributed by atoms with Crippen LogP contribution in [-0.4, -0.2) is 47.5 Å². The van der Waals surface area contributed by atoms with Gasteiger partial charge in [-0.15, -0.1) is 0 Å². The normalized spacial score (nSPS) is 14.3. The number of ether oxygens (including phenoxy) is 1. The summed E-state index contributed by atoms with van der Waals surface area (Å²) in [5.74, 6) is 0.317. The lowest BCUT2D eigenvalue weighted by Crippen LogP contribution is -2.15. The maximum Gasteiger partial charge on any atom is 0.248 e. The Morgan fingerprint density at radius 1 is 1.24 bits per heavy atom. The Kier molecular flexibility index (Phi) is 7.59. The van der Waals surface area contributed by atoms with E-state index in [1.807, 2.05) is 25.1 Å². The van der Waals surface area contributed by atoms with E-state index in [0.717, 1.165) is 25.7 Å². The highest BCUT2D eigenvalue weighted by atomic mass is 35.5. The highest BCUT2D eigenvalue weighted by Gasteiger charge is 2.20. The van der Waals surface area contributed by atoms with Gasteiger partial charge in [0, 0.05) is 29.8 Å². The van der Waals surface area contributed by atoms with Crippen molar-refractivity contribution >= 4 is 45.6 Å². The Balaban J connectivity index is 1.68. The van der Waals surface area contributed by atoms with Crippen LogP contribution in [0.15, 0.2) is 48.8 Å². The molecule has 1 heterocycles. The molecular weight excluding hydrogens is 457 g/mol. The van der Waals surface area contributed by atoms with Crippen LogP contribution in [0.25, 0.3) is 10.9 Å². The number of nitrogens with zero attached hydrogens (tertiary/aromatic N) is 3. The molecule has 0 unspecified atom stereocenters. The molecule has 1 amide bonds. The highest BCUT2D eigenvalue weighted by Crippen LogP contribution is 2.36. The van der Waals surface area contributed by atoms with Gasteiger partial charge in [-0.3, -0.25) is 4.79 Å². The molecule has 0 bridgehead atoms. The van der Waals surface area contributed by atoms with Gasteiger partial charge >= 0.3 is 0 Å². The summed E-state index contributed by atoms with van der Waals surface area (Å²) in [7, 11) is 3.86. The van der Waals surface area contributed by atoms with Crippen LogP contribution >= 0.6 is 11.6 Å². The molecule has 0 spiro atoms. The fourth-order valence-electron chi connectivity index (χ4n) is 3.82. The van der Waals surface area contributed by atoms with Gasteiger partial charge in [-0.2, -0.15) is 0 Å². The third kappa shape index (κ3) is 6.01. The summed E-state index contributed by atoms with van der Waals surface area (Å²) in [4.78, 5) is 23.3. The number of fused-ring (bicyclic) bond motifs is 1. The lowest BCUT2D eigenvalue weighted by Gasteiger charge is -2.18. The van der Waals surface area contributed by atoms with Crippen molar-refractivity contribution in [2.45, 2.75) is 31.8 Å². The van der Waals surface area contributed by atoms with E-state index in [1.165, 1.54) is 24.5 Å². The summed E-state index contributed by atoms with van der Waals surface area (Å²) in [6.45, 7) is 0.651. The van der Waals surface area contributed by atoms with E-state index in [-0.39, 0.29) is 17.0 Å². The lowest BCUT2D eigenvalue weighted by atomic mass is 10.1. The number of halogens is 2. The average Bonchev–Trinajstić information content (AvgIpc) is 3.30. The van der Waals surface area contributed by atoms with Gasteiger partial charge in [0.2, 0.25) is 5.91 Å². The van der Waals surface area contributed by atoms with Crippen LogP contribution in [0.1, 0.15) is 25.7 Å². The standard InChI is InChI=1S/C25H27ClFN5O2/c1-32(2)11-5-8-24(33)31-22-13-18-21(14-23(22)34-17-6-3-4-7-17)28-15-29-25(18)30-16-9-10-20(27)19(26)12-16/h5,8-10,12-15,17H,3-4,6-7,11H2,1-2H3,(H,31,33)(H,28,29,30)/b8-5+. The quantitative estimate of drug-likeness (QED) is 0.409. The minimum atomic E-state index is -0.499. The summed E-state index contributed by atoms with van der Waals surface area (Å²) in [5, 5.41) is 6.78. The van der Waals surface area contributed by atoms with Crippen molar-refractivity contribution in [3.05, 3.63) is 59.7 Å². The van der Waals surface area contributed by atoms with Gasteiger partial charge < -0.3 is 20.3 Å². The van der Waals surface area contributed by atoms with Crippen molar-refractivity contribution in [3.8, 4) is 5.75 Å². The van der Waals surface area contributed by atoms with Crippen LogP contribution in [0.4, 0.5) is 21.6 Å². The molecule has 178 valence electrons. The molecule has 1 aliphatic rings. The Morgan fingerprint density at radius 2 is 2.03 bits per heavy atom. The Bertz CT molecular complexity index is 1210. The van der Waals surface area contributed by atoms with Crippen LogP contribution < -0.4 is 15.4 Å². The number of rotatable bonds is 8. The summed E-state index contributed by atoms with van der Waals surface area (Å²) in [5.41, 5.74) is 1.77. The fourth-order valence-corrected chi connectivity index (χ4v) is 4.00. The first kappa shape index (κ1) is 23.9. The predicted octanol–water partition coefficient (Wildman–Crippen LogP) is 5.54. The second-order valence-corrected chi connectivity index (χ2v) is 8.93. The average molecular weight is 484 g/mol. The van der Waals surface area contributed by atoms with Gasteiger partial charge in [0.05, 0.1) is 22.3 Å². The van der Waals surface area contributed by atoms with Crippen LogP contribution in [0.5, 0.6) is 5.75 Å². The molecule has 0 saturated heterocycles. The smallest absolute Gasteiger partial charge is 0.248 e. The number of carbonyl (C=O) groups is 1. The minimum Gasteiger partial charge on any atom is -0.488 e. The summed E-state index contributed by atoms with van der Waals surface area (Å²) >= 11 is 5.92. The molecule has 0 radical (unpaired) electrons. The first-order valence-electron chi connectivity index (χ1n) is 11.2. The van der Waals surface area contributed by atoms with Crippen molar-refractivity contribution in [1.29, 1.82) is 0 Å². The zero-order valence-corrected chi connectivity index (χ0v) is 19.9. The van der Waals surface area contributed by atoms with Crippen LogP contribution in [0.2, 0.25) is 5.02 Å². The van der Waals surface area contributed by atoms with Gasteiger partial charge in [0.1, 0.15) is 23.7 Å². The predicted molar refractivity (Wildman–Crippen MR) is 133 cm³/mol. The van der Waals surface area contributed by atoms with E-state index in [4.69, 9.17) is 16.3 Å². The zero-order chi connectivity index (χ0) is 24.1. The first-order valence-corrected chi connectivity index (χ1v) is 11.6. The molecule has 3 aromatic rings. The van der Waals surface area contributed by atoms with Crippen molar-refractivity contribution in [2.24, 2.45) is 0 Å². The second kappa shape index (κ2) is 10.8. The van der Waals surface area contributed by atoms with Crippen LogP contribution in [-0.2, 0) is 4.79 Å². The molecule has 9 heteroatoms. The summed E-state index contributed by atoms with van der Waals surface area (Å²) in [6.07, 6.45) is 9.07. The van der Waals surface area contributed by atoms with Crippen molar-refractivity contribution < 1.29 is 13.9 Å². The van der Waals surface area contributed by atoms with Crippen molar-refractivity contribution in [3.63, 3.8) is 0 Å². The zero-order valence-electron chi connectivity index (χ0n) is 19.1. The number of benzene rings is 2. The van der Waals surface area contributed by atoms with Crippen molar-refractivity contribution in [2.75, 3.05) is 31.3 Å². The maximum atomic E-state index is 13.6. The molecule has 1 saturated carbocycles. The van der Waals surface area contributed by atoms with Gasteiger partial charge in [-0.1, -0.05) is 17.7 Å². The SMILES string of the molecule is CN(C)C/C=C/C(=O)Nc1cc2c(Nc3ccc(F)c(Cl)c3)ncnc2cc1OC1CCCC1. The molecule has 1 aliphatic carbocycles. The fraction of sp³-hybridized carbons (Fsp3) is 0.320. The molecule has 2 aromatic carbocycles. The maximum absolute atomic E-state index is 13.6. The van der Waals surface area contributed by atoms with E-state index in [9.17, 15) is 9.18 Å². The molecule has 2 N–H and O–H groups in total. The van der Waals surface area contributed by atoms with Gasteiger partial charge in [0.25, 0.3) is 0 Å². The van der Waals surface area contributed by atoms with Crippen LogP contribution in [0, 0.1) is 5.82 Å². The van der Waals surface area contributed by atoms with Gasteiger partial charge in [-0.25, -0.2) is 14.4 Å². The molecular formula is C25H27ClFN5O2. The third-order valence-electron chi connectivity index (χ3n) is 5.51. The Hall–Kier alpha value is -3.23. The molecule has 0 atom stereocenters. The van der Waals surface area contributed by atoms with E-state index >= 15 is 0 Å². The summed E-state index contributed by atoms with van der Waals surface area (Å²) in [6, 6.07) is 7.96. The Morgan fingerprint density at radius 3 is 2.76 bits per heavy atom. The van der Waals surface area contributed by atoms with E-state index in [0.29, 0.717) is 40.4 Å². The number of amides is 1. The Labute approximate surface area is 203 Å². The number of anilines is 3. The van der Waals surface area contributed by atoms with E-state index in [2.05, 4.69) is 20.6 Å². The third-order valence-corrected chi connectivity index (χ3v) is 5.80. The number of likely N-dealkylation sites (N-methyl/N-ethyl adjacent to an activating group) is 1. The molecule has 1 fully saturated rings. The molecule has 7 nitrogen and oxygen atoms in total. The molecule has 34 heavy (non-hydrogen) atoms. The molecule has 0 aliphatic heterocycles. The monoisotopic (exact) mass is 483 g/mol. The number of aromatic nitrogens is 2. The highest BCUT2D eigenvalue weighted by molar-refractivity contribution is 6.31. The van der Waals surface area contributed by atoms with E-state index in [1.54, 1.807) is 18.2 Å². The number of hydrogen-bond donors (Lipinski definition) is 2. The number of carbonyl (C=O) groups excluding carboxylic acids is 1. The molecule has 1 aromatic heterocycles. The van der Waals surface area contributed by atoms with E-state index < -0.39 is 5.82 Å². The summed E-state index contributed by atoms with van der Waals surface area (Å²) < 4.78 is 19.8. The van der Waals surface area contributed by atoms with Crippen LogP contribution in [0.3, 0.4) is 0 Å². The van der Waals surface area contributed by atoms with Gasteiger partial charge in [0.15, 0.2) is 0 Å².